The molecule has 0 atom stereocenters. The zero-order chi connectivity index (χ0) is 18.1. The summed E-state index contributed by atoms with van der Waals surface area (Å²) in [6, 6.07) is 16.6. The molecule has 4 rings (SSSR count). The van der Waals surface area contributed by atoms with Crippen LogP contribution in [0.5, 0.6) is 5.75 Å². The molecule has 0 bridgehead atoms. The van der Waals surface area contributed by atoms with E-state index in [0.717, 1.165) is 40.4 Å². The van der Waals surface area contributed by atoms with Crippen LogP contribution in [0.2, 0.25) is 0 Å². The smallest absolute Gasteiger partial charge is 0.150 e. The average molecular weight is 343 g/mol. The van der Waals surface area contributed by atoms with Crippen molar-refractivity contribution in [3.63, 3.8) is 0 Å². The van der Waals surface area contributed by atoms with E-state index >= 15 is 0 Å². The SMILES string of the molecule is COc1ccc(CCc2ccnc3c(N)nc4cc(C)ccc4c23)cc1. The number of nitrogens with zero attached hydrogens (tertiary/aromatic N) is 2. The minimum absolute atomic E-state index is 0.490. The highest BCUT2D eigenvalue weighted by Gasteiger charge is 2.11. The fourth-order valence-corrected chi connectivity index (χ4v) is 3.40. The lowest BCUT2D eigenvalue weighted by Crippen LogP contribution is -2.00. The van der Waals surface area contributed by atoms with Gasteiger partial charge in [0, 0.05) is 17.0 Å². The number of pyridine rings is 2. The van der Waals surface area contributed by atoms with Crippen LogP contribution in [0.15, 0.2) is 54.7 Å². The van der Waals surface area contributed by atoms with E-state index in [1.165, 1.54) is 16.7 Å². The maximum absolute atomic E-state index is 6.19. The van der Waals surface area contributed by atoms with Gasteiger partial charge in [-0.2, -0.15) is 0 Å². The van der Waals surface area contributed by atoms with Crippen LogP contribution in [0.1, 0.15) is 16.7 Å². The number of rotatable bonds is 4. The molecule has 4 heteroatoms. The molecule has 0 aliphatic heterocycles. The number of hydrogen-bond donors (Lipinski definition) is 1. The molecule has 0 unspecified atom stereocenters. The van der Waals surface area contributed by atoms with Crippen molar-refractivity contribution in [2.75, 3.05) is 12.8 Å². The van der Waals surface area contributed by atoms with Crippen molar-refractivity contribution < 1.29 is 4.74 Å². The zero-order valence-electron chi connectivity index (χ0n) is 15.0. The van der Waals surface area contributed by atoms with E-state index in [1.54, 1.807) is 7.11 Å². The number of aromatic nitrogens is 2. The fourth-order valence-electron chi connectivity index (χ4n) is 3.40. The molecule has 2 heterocycles. The fraction of sp³-hybridized carbons (Fsp3) is 0.182. The highest BCUT2D eigenvalue weighted by Crippen LogP contribution is 2.30. The number of benzene rings is 2. The molecule has 0 spiro atoms. The number of nitrogen functional groups attached to an aromatic ring is 1. The first-order valence-electron chi connectivity index (χ1n) is 8.72. The molecule has 2 N–H and O–H groups in total. The summed E-state index contributed by atoms with van der Waals surface area (Å²) in [6.45, 7) is 2.06. The third-order valence-corrected chi connectivity index (χ3v) is 4.79. The van der Waals surface area contributed by atoms with Crippen LogP contribution >= 0.6 is 0 Å². The molecule has 0 aliphatic rings. The van der Waals surface area contributed by atoms with Crippen molar-refractivity contribution in [1.29, 1.82) is 0 Å². The second-order valence-electron chi connectivity index (χ2n) is 6.56. The van der Waals surface area contributed by atoms with Crippen LogP contribution < -0.4 is 10.5 Å². The van der Waals surface area contributed by atoms with E-state index in [0.29, 0.717) is 5.82 Å². The van der Waals surface area contributed by atoms with Gasteiger partial charge in [-0.3, -0.25) is 4.98 Å². The summed E-state index contributed by atoms with van der Waals surface area (Å²) in [5, 5.41) is 2.22. The molecular weight excluding hydrogens is 322 g/mol. The lowest BCUT2D eigenvalue weighted by atomic mass is 9.98. The highest BCUT2D eigenvalue weighted by atomic mass is 16.5. The maximum Gasteiger partial charge on any atom is 0.150 e. The van der Waals surface area contributed by atoms with Gasteiger partial charge >= 0.3 is 0 Å². The van der Waals surface area contributed by atoms with Gasteiger partial charge in [-0.25, -0.2) is 4.98 Å². The third kappa shape index (κ3) is 2.94. The maximum atomic E-state index is 6.19. The topological polar surface area (TPSA) is 61.0 Å². The number of aryl methyl sites for hydroxylation is 3. The Morgan fingerprint density at radius 2 is 1.81 bits per heavy atom. The van der Waals surface area contributed by atoms with Gasteiger partial charge in [0.2, 0.25) is 0 Å². The second kappa shape index (κ2) is 6.64. The van der Waals surface area contributed by atoms with E-state index in [2.05, 4.69) is 53.3 Å². The molecule has 4 aromatic rings. The molecule has 2 aromatic carbocycles. The Balaban J connectivity index is 1.77. The Labute approximate surface area is 152 Å². The molecule has 130 valence electrons. The van der Waals surface area contributed by atoms with Gasteiger partial charge in [0.15, 0.2) is 5.82 Å². The summed E-state index contributed by atoms with van der Waals surface area (Å²) in [7, 11) is 1.68. The van der Waals surface area contributed by atoms with Crippen molar-refractivity contribution >= 4 is 27.6 Å². The van der Waals surface area contributed by atoms with Crippen LogP contribution in [-0.4, -0.2) is 17.1 Å². The molecular formula is C22H21N3O. The first kappa shape index (κ1) is 16.3. The number of anilines is 1. The van der Waals surface area contributed by atoms with Gasteiger partial charge in [0.05, 0.1) is 12.6 Å². The largest absolute Gasteiger partial charge is 0.497 e. The van der Waals surface area contributed by atoms with Gasteiger partial charge in [-0.15, -0.1) is 0 Å². The minimum atomic E-state index is 0.490. The lowest BCUT2D eigenvalue weighted by molar-refractivity contribution is 0.414. The van der Waals surface area contributed by atoms with E-state index in [-0.39, 0.29) is 0 Å². The van der Waals surface area contributed by atoms with Crippen LogP contribution in [-0.2, 0) is 12.8 Å². The van der Waals surface area contributed by atoms with Gasteiger partial charge in [-0.05, 0) is 60.7 Å². The van der Waals surface area contributed by atoms with Crippen molar-refractivity contribution in [2.24, 2.45) is 0 Å². The van der Waals surface area contributed by atoms with Crippen molar-refractivity contribution in [2.45, 2.75) is 19.8 Å². The van der Waals surface area contributed by atoms with E-state index in [1.807, 2.05) is 18.3 Å². The highest BCUT2D eigenvalue weighted by molar-refractivity contribution is 6.09. The zero-order valence-corrected chi connectivity index (χ0v) is 15.0. The molecule has 0 radical (unpaired) electrons. The predicted octanol–water partition coefficient (Wildman–Crippen LogP) is 4.47. The monoisotopic (exact) mass is 343 g/mol. The lowest BCUT2D eigenvalue weighted by Gasteiger charge is -2.11. The first-order valence-corrected chi connectivity index (χ1v) is 8.72. The average Bonchev–Trinajstić information content (AvgIpc) is 2.66. The van der Waals surface area contributed by atoms with Gasteiger partial charge < -0.3 is 10.5 Å². The Kier molecular flexibility index (Phi) is 4.17. The normalized spacial score (nSPS) is 11.2. The molecule has 0 fully saturated rings. The van der Waals surface area contributed by atoms with E-state index in [4.69, 9.17) is 10.5 Å². The Morgan fingerprint density at radius 1 is 1.00 bits per heavy atom. The minimum Gasteiger partial charge on any atom is -0.497 e. The number of hydrogen-bond acceptors (Lipinski definition) is 4. The Bertz CT molecular complexity index is 1090. The molecule has 4 nitrogen and oxygen atoms in total. The van der Waals surface area contributed by atoms with Crippen LogP contribution in [0.25, 0.3) is 21.8 Å². The van der Waals surface area contributed by atoms with Crippen LogP contribution in [0.4, 0.5) is 5.82 Å². The number of ether oxygens (including phenoxy) is 1. The first-order chi connectivity index (χ1) is 12.7. The summed E-state index contributed by atoms with van der Waals surface area (Å²) >= 11 is 0. The molecule has 2 aromatic heterocycles. The summed E-state index contributed by atoms with van der Waals surface area (Å²) in [4.78, 5) is 9.03. The molecule has 0 amide bonds. The van der Waals surface area contributed by atoms with E-state index in [9.17, 15) is 0 Å². The van der Waals surface area contributed by atoms with Crippen molar-refractivity contribution in [3.8, 4) is 5.75 Å². The summed E-state index contributed by atoms with van der Waals surface area (Å²) in [6.07, 6.45) is 3.68. The van der Waals surface area contributed by atoms with Crippen molar-refractivity contribution in [1.82, 2.24) is 9.97 Å². The van der Waals surface area contributed by atoms with Crippen LogP contribution in [0.3, 0.4) is 0 Å². The van der Waals surface area contributed by atoms with Crippen molar-refractivity contribution in [3.05, 3.63) is 71.4 Å². The quantitative estimate of drug-likeness (QED) is 0.556. The Hall–Kier alpha value is -3.14. The van der Waals surface area contributed by atoms with Gasteiger partial charge in [-0.1, -0.05) is 24.3 Å². The van der Waals surface area contributed by atoms with Crippen LogP contribution in [0, 0.1) is 6.92 Å². The number of nitrogens with two attached hydrogens (primary N) is 1. The number of methoxy groups -OCH3 is 1. The standard InChI is InChI=1S/C22H21N3O/c1-14-3-10-18-19(13-14)25-22(23)21-20(18)16(11-12-24-21)7-4-15-5-8-17(26-2)9-6-15/h3,5-6,8-13H,4,7H2,1-2H3,(H2,23,25). The Morgan fingerprint density at radius 3 is 2.58 bits per heavy atom. The second-order valence-corrected chi connectivity index (χ2v) is 6.56. The van der Waals surface area contributed by atoms with Gasteiger partial charge in [0.25, 0.3) is 0 Å². The third-order valence-electron chi connectivity index (χ3n) is 4.79. The summed E-state index contributed by atoms with van der Waals surface area (Å²) in [5.74, 6) is 1.37. The van der Waals surface area contributed by atoms with Gasteiger partial charge in [0.1, 0.15) is 11.3 Å². The van der Waals surface area contributed by atoms with E-state index < -0.39 is 0 Å². The summed E-state index contributed by atoms with van der Waals surface area (Å²) in [5.41, 5.74) is 11.6. The summed E-state index contributed by atoms with van der Waals surface area (Å²) < 4.78 is 5.23. The molecule has 0 saturated carbocycles. The molecule has 0 saturated heterocycles. The number of fused-ring (bicyclic) bond motifs is 3. The molecule has 26 heavy (non-hydrogen) atoms. The predicted molar refractivity (Wildman–Crippen MR) is 107 cm³/mol. The molecule has 0 aliphatic carbocycles.